The Kier molecular flexibility index (Phi) is 23.8. The maximum absolute atomic E-state index is 7.57. The van der Waals surface area contributed by atoms with Crippen molar-refractivity contribution in [2.24, 2.45) is 0 Å². The van der Waals surface area contributed by atoms with Gasteiger partial charge in [0, 0.05) is 6.61 Å². The van der Waals surface area contributed by atoms with E-state index in [-0.39, 0.29) is 6.61 Å². The third-order valence-corrected chi connectivity index (χ3v) is 4.68. The Morgan fingerprint density at radius 1 is 0.480 bits per heavy atom. The van der Waals surface area contributed by atoms with E-state index in [0.29, 0.717) is 0 Å². The zero-order chi connectivity index (χ0) is 19.2. The first-order valence-electron chi connectivity index (χ1n) is 11.4. The van der Waals surface area contributed by atoms with Crippen LogP contribution in [-0.4, -0.2) is 43.9 Å². The van der Waals surface area contributed by atoms with Crippen molar-refractivity contribution in [3.8, 4) is 0 Å². The van der Waals surface area contributed by atoms with Crippen LogP contribution in [0.3, 0.4) is 0 Å². The van der Waals surface area contributed by atoms with Gasteiger partial charge in [0.25, 0.3) is 0 Å². The molecule has 0 aliphatic rings. The highest BCUT2D eigenvalue weighted by molar-refractivity contribution is 4.49. The van der Waals surface area contributed by atoms with E-state index < -0.39 is 0 Å². The van der Waals surface area contributed by atoms with Gasteiger partial charge in [-0.05, 0) is 19.8 Å². The molecule has 0 aliphatic carbocycles. The molecule has 154 valence electrons. The Labute approximate surface area is 161 Å². The molecule has 0 heterocycles. The van der Waals surface area contributed by atoms with E-state index in [4.69, 9.17) is 5.11 Å². The largest absolute Gasteiger partial charge is 0.397 e. The molecule has 0 saturated carbocycles. The summed E-state index contributed by atoms with van der Waals surface area (Å²) in [7, 11) is 6.89. The molecule has 2 nitrogen and oxygen atoms in total. The molecule has 0 unspecified atom stereocenters. The van der Waals surface area contributed by atoms with Crippen LogP contribution in [-0.2, 0) is 0 Å². The van der Waals surface area contributed by atoms with E-state index in [0.717, 1.165) is 4.48 Å². The third-order valence-electron chi connectivity index (χ3n) is 4.68. The molecule has 0 aliphatic heterocycles. The number of unbranched alkanes of at least 4 members (excludes halogenated alkanes) is 15. The second kappa shape index (κ2) is 22.0. The first-order valence-corrected chi connectivity index (χ1v) is 11.4. The number of nitrogens with zero attached hydrogens (tertiary/aromatic N) is 1. The molecule has 0 rings (SSSR count). The molecule has 0 spiro atoms. The molecule has 1 N–H and O–H groups in total. The van der Waals surface area contributed by atoms with E-state index in [1.807, 2.05) is 0 Å². The van der Waals surface area contributed by atoms with Crippen molar-refractivity contribution in [2.45, 2.75) is 117 Å². The Hall–Kier alpha value is -0.0800. The monoisotopic (exact) mass is 358 g/mol. The normalized spacial score (nSPS) is 11.3. The minimum absolute atomic E-state index is 0.250. The van der Waals surface area contributed by atoms with E-state index in [1.54, 1.807) is 6.92 Å². The first kappa shape index (κ1) is 27.1. The number of aliphatic hydroxyl groups excluding tert-OH is 1. The van der Waals surface area contributed by atoms with E-state index in [1.165, 1.54) is 109 Å². The Morgan fingerprint density at radius 3 is 0.960 bits per heavy atom. The van der Waals surface area contributed by atoms with Crippen LogP contribution in [0.1, 0.15) is 117 Å². The highest BCUT2D eigenvalue weighted by atomic mass is 16.2. The van der Waals surface area contributed by atoms with E-state index in [9.17, 15) is 0 Å². The number of hydrogen-bond acceptors (Lipinski definition) is 1. The summed E-state index contributed by atoms with van der Waals surface area (Å²) in [6.45, 7) is 5.56. The van der Waals surface area contributed by atoms with Crippen LogP contribution >= 0.6 is 0 Å². The lowest BCUT2D eigenvalue weighted by atomic mass is 10.0. The van der Waals surface area contributed by atoms with Gasteiger partial charge in [0.15, 0.2) is 0 Å². The number of quaternary nitrogens is 1. The van der Waals surface area contributed by atoms with Crippen LogP contribution in [0, 0.1) is 0 Å². The standard InChI is InChI=1S/C21H46N.C2H6O/c1-5-6-7-8-9-10-11-12-13-14-15-16-17-18-19-20-21-22(2,3)4;1-2-3/h5-21H2,1-4H3;3H,2H2,1H3/q+1;. The van der Waals surface area contributed by atoms with Crippen LogP contribution in [0.15, 0.2) is 0 Å². The molecule has 0 aromatic carbocycles. The quantitative estimate of drug-likeness (QED) is 0.220. The average molecular weight is 359 g/mol. The molecule has 0 aromatic heterocycles. The van der Waals surface area contributed by atoms with Crippen molar-refractivity contribution in [3.63, 3.8) is 0 Å². The summed E-state index contributed by atoms with van der Waals surface area (Å²) in [5.41, 5.74) is 0. The second-order valence-corrected chi connectivity index (χ2v) is 8.63. The molecular weight excluding hydrogens is 306 g/mol. The molecule has 0 atom stereocenters. The number of hydrogen-bond donors (Lipinski definition) is 1. The van der Waals surface area contributed by atoms with Crippen LogP contribution in [0.2, 0.25) is 0 Å². The molecule has 0 saturated heterocycles. The molecule has 25 heavy (non-hydrogen) atoms. The van der Waals surface area contributed by atoms with Crippen molar-refractivity contribution >= 4 is 0 Å². The highest BCUT2D eigenvalue weighted by Crippen LogP contribution is 2.13. The van der Waals surface area contributed by atoms with Gasteiger partial charge in [0.1, 0.15) is 0 Å². The van der Waals surface area contributed by atoms with Crippen molar-refractivity contribution in [1.82, 2.24) is 0 Å². The van der Waals surface area contributed by atoms with Gasteiger partial charge in [-0.2, -0.15) is 0 Å². The summed E-state index contributed by atoms with van der Waals surface area (Å²) in [4.78, 5) is 0. The van der Waals surface area contributed by atoms with Gasteiger partial charge in [0.05, 0.1) is 27.7 Å². The molecular formula is C23H52NO+. The molecule has 0 fully saturated rings. The fourth-order valence-electron chi connectivity index (χ4n) is 3.13. The lowest BCUT2D eigenvalue weighted by Gasteiger charge is -2.23. The van der Waals surface area contributed by atoms with Crippen LogP contribution in [0.4, 0.5) is 0 Å². The van der Waals surface area contributed by atoms with Crippen molar-refractivity contribution in [3.05, 3.63) is 0 Å². The molecule has 0 bridgehead atoms. The third kappa shape index (κ3) is 32.1. The summed E-state index contributed by atoms with van der Waals surface area (Å²) in [6, 6.07) is 0. The Morgan fingerprint density at radius 2 is 0.720 bits per heavy atom. The highest BCUT2D eigenvalue weighted by Gasteiger charge is 2.04. The fraction of sp³-hybridized carbons (Fsp3) is 1.00. The first-order chi connectivity index (χ1) is 12.0. The summed E-state index contributed by atoms with van der Waals surface area (Å²) in [6.07, 6.45) is 23.4. The van der Waals surface area contributed by atoms with Gasteiger partial charge in [0.2, 0.25) is 0 Å². The van der Waals surface area contributed by atoms with Crippen LogP contribution < -0.4 is 0 Å². The zero-order valence-electron chi connectivity index (χ0n) is 18.6. The smallest absolute Gasteiger partial charge is 0.0780 e. The van der Waals surface area contributed by atoms with Gasteiger partial charge in [-0.25, -0.2) is 0 Å². The summed E-state index contributed by atoms with van der Waals surface area (Å²) >= 11 is 0. The second-order valence-electron chi connectivity index (χ2n) is 8.63. The van der Waals surface area contributed by atoms with Gasteiger partial charge in [-0.15, -0.1) is 0 Å². The Bertz CT molecular complexity index is 223. The van der Waals surface area contributed by atoms with Crippen LogP contribution in [0.5, 0.6) is 0 Å². The average Bonchev–Trinajstić information content (AvgIpc) is 2.54. The maximum atomic E-state index is 7.57. The van der Waals surface area contributed by atoms with Crippen LogP contribution in [0.25, 0.3) is 0 Å². The predicted molar refractivity (Wildman–Crippen MR) is 115 cm³/mol. The van der Waals surface area contributed by atoms with Gasteiger partial charge in [-0.3, -0.25) is 0 Å². The number of aliphatic hydroxyl groups is 1. The van der Waals surface area contributed by atoms with Gasteiger partial charge >= 0.3 is 0 Å². The SMILES string of the molecule is CCCCCCCCCCCCCCCCCC[N+](C)(C)C.CCO. The van der Waals surface area contributed by atoms with Gasteiger partial charge < -0.3 is 9.59 Å². The lowest BCUT2D eigenvalue weighted by Crippen LogP contribution is -2.35. The summed E-state index contributed by atoms with van der Waals surface area (Å²) < 4.78 is 1.12. The van der Waals surface area contributed by atoms with Gasteiger partial charge in [-0.1, -0.05) is 96.8 Å². The minimum atomic E-state index is 0.250. The summed E-state index contributed by atoms with van der Waals surface area (Å²) in [5, 5.41) is 7.57. The summed E-state index contributed by atoms with van der Waals surface area (Å²) in [5.74, 6) is 0. The van der Waals surface area contributed by atoms with E-state index >= 15 is 0 Å². The van der Waals surface area contributed by atoms with Crippen molar-refractivity contribution < 1.29 is 9.59 Å². The molecule has 0 radical (unpaired) electrons. The molecule has 0 aromatic rings. The zero-order valence-corrected chi connectivity index (χ0v) is 18.6. The van der Waals surface area contributed by atoms with Crippen molar-refractivity contribution in [2.75, 3.05) is 34.3 Å². The minimum Gasteiger partial charge on any atom is -0.397 e. The number of rotatable bonds is 17. The maximum Gasteiger partial charge on any atom is 0.0780 e. The Balaban J connectivity index is 0. The van der Waals surface area contributed by atoms with Crippen molar-refractivity contribution in [1.29, 1.82) is 0 Å². The molecule has 2 heteroatoms. The van der Waals surface area contributed by atoms with E-state index in [2.05, 4.69) is 28.1 Å². The fourth-order valence-corrected chi connectivity index (χ4v) is 3.13. The lowest BCUT2D eigenvalue weighted by molar-refractivity contribution is -0.870. The predicted octanol–water partition coefficient (Wildman–Crippen LogP) is 6.95. The molecule has 0 amide bonds. The topological polar surface area (TPSA) is 20.2 Å².